The van der Waals surface area contributed by atoms with Gasteiger partial charge in [0.1, 0.15) is 11.6 Å². The molecule has 1 aromatic carbocycles. The van der Waals surface area contributed by atoms with Crippen LogP contribution < -0.4 is 10.2 Å². The number of hydrogen-bond donors (Lipinski definition) is 2. The number of hydrogen-bond acceptors (Lipinski definition) is 4. The maximum atomic E-state index is 11.2. The number of anilines is 1. The fourth-order valence-corrected chi connectivity index (χ4v) is 3.60. The summed E-state index contributed by atoms with van der Waals surface area (Å²) in [5, 5.41) is 3.56. The number of fused-ring (bicyclic) bond motifs is 1. The summed E-state index contributed by atoms with van der Waals surface area (Å²) in [6.07, 6.45) is 3.49. The standard InChI is InChI=1S/C19H20ClN5O/c1-12(26)22-13-6-8-25(9-7-13)18-10-14(15(20)11-21-18)19-23-16-4-2-3-5-17(16)24-19/h2-5,10-11,13H,6-9H2,1H3,(H,22,26)(H,23,24). The van der Waals surface area contributed by atoms with Crippen LogP contribution in [-0.4, -0.2) is 40.0 Å². The number of benzene rings is 1. The Labute approximate surface area is 156 Å². The van der Waals surface area contributed by atoms with Crippen molar-refractivity contribution in [3.05, 3.63) is 41.6 Å². The summed E-state index contributed by atoms with van der Waals surface area (Å²) in [6, 6.07) is 10.1. The van der Waals surface area contributed by atoms with Gasteiger partial charge in [-0.3, -0.25) is 4.79 Å². The van der Waals surface area contributed by atoms with E-state index in [0.717, 1.165) is 54.2 Å². The highest BCUT2D eigenvalue weighted by Gasteiger charge is 2.21. The molecule has 1 saturated heterocycles. The van der Waals surface area contributed by atoms with Crippen molar-refractivity contribution in [3.8, 4) is 11.4 Å². The number of carbonyl (C=O) groups is 1. The lowest BCUT2D eigenvalue weighted by Crippen LogP contribution is -2.44. The molecule has 7 heteroatoms. The monoisotopic (exact) mass is 369 g/mol. The topological polar surface area (TPSA) is 73.9 Å². The molecule has 0 radical (unpaired) electrons. The second kappa shape index (κ2) is 6.96. The van der Waals surface area contributed by atoms with Gasteiger partial charge in [-0.2, -0.15) is 0 Å². The number of carbonyl (C=O) groups excluding carboxylic acids is 1. The summed E-state index contributed by atoms with van der Waals surface area (Å²) >= 11 is 6.39. The second-order valence-electron chi connectivity index (χ2n) is 6.59. The Morgan fingerprint density at radius 3 is 2.81 bits per heavy atom. The predicted octanol–water partition coefficient (Wildman–Crippen LogP) is 3.38. The highest BCUT2D eigenvalue weighted by atomic mass is 35.5. The second-order valence-corrected chi connectivity index (χ2v) is 6.99. The van der Waals surface area contributed by atoms with Crippen molar-refractivity contribution in [1.29, 1.82) is 0 Å². The van der Waals surface area contributed by atoms with E-state index in [4.69, 9.17) is 11.6 Å². The van der Waals surface area contributed by atoms with Gasteiger partial charge >= 0.3 is 0 Å². The number of aromatic amines is 1. The van der Waals surface area contributed by atoms with Gasteiger partial charge in [-0.1, -0.05) is 23.7 Å². The highest BCUT2D eigenvalue weighted by molar-refractivity contribution is 6.33. The molecule has 3 aromatic rings. The van der Waals surface area contributed by atoms with Crippen LogP contribution in [0.5, 0.6) is 0 Å². The molecule has 2 N–H and O–H groups in total. The number of piperidine rings is 1. The van der Waals surface area contributed by atoms with E-state index in [1.165, 1.54) is 0 Å². The molecular formula is C19H20ClN5O. The maximum absolute atomic E-state index is 11.2. The summed E-state index contributed by atoms with van der Waals surface area (Å²) in [7, 11) is 0. The minimum atomic E-state index is 0.0280. The number of rotatable bonds is 3. The Kier molecular flexibility index (Phi) is 4.51. The van der Waals surface area contributed by atoms with Gasteiger partial charge in [-0.05, 0) is 31.0 Å². The number of nitrogens with zero attached hydrogens (tertiary/aromatic N) is 3. The third-order valence-corrected chi connectivity index (χ3v) is 5.01. The van der Waals surface area contributed by atoms with Crippen molar-refractivity contribution in [1.82, 2.24) is 20.3 Å². The summed E-state index contributed by atoms with van der Waals surface area (Å²) in [5.74, 6) is 1.65. The van der Waals surface area contributed by atoms with Crippen LogP contribution in [0.4, 0.5) is 5.82 Å². The van der Waals surface area contributed by atoms with Crippen molar-refractivity contribution in [3.63, 3.8) is 0 Å². The Morgan fingerprint density at radius 1 is 1.31 bits per heavy atom. The van der Waals surface area contributed by atoms with E-state index in [1.807, 2.05) is 30.3 Å². The van der Waals surface area contributed by atoms with Gasteiger partial charge in [-0.15, -0.1) is 0 Å². The van der Waals surface area contributed by atoms with Crippen molar-refractivity contribution in [2.45, 2.75) is 25.8 Å². The van der Waals surface area contributed by atoms with Crippen LogP contribution in [0.15, 0.2) is 36.5 Å². The molecule has 1 aliphatic heterocycles. The molecule has 0 saturated carbocycles. The normalized spacial score (nSPS) is 15.4. The van der Waals surface area contributed by atoms with E-state index >= 15 is 0 Å². The van der Waals surface area contributed by atoms with Gasteiger partial charge in [-0.25, -0.2) is 9.97 Å². The fraction of sp³-hybridized carbons (Fsp3) is 0.316. The fourth-order valence-electron chi connectivity index (χ4n) is 3.40. The molecule has 134 valence electrons. The van der Waals surface area contributed by atoms with Crippen molar-refractivity contribution < 1.29 is 4.79 Å². The number of imidazole rings is 1. The lowest BCUT2D eigenvalue weighted by atomic mass is 10.0. The van der Waals surface area contributed by atoms with Gasteiger partial charge in [0.2, 0.25) is 5.91 Å². The molecule has 0 atom stereocenters. The molecular weight excluding hydrogens is 350 g/mol. The number of amides is 1. The largest absolute Gasteiger partial charge is 0.356 e. The number of aromatic nitrogens is 3. The molecule has 0 unspecified atom stereocenters. The van der Waals surface area contributed by atoms with Gasteiger partial charge in [0.15, 0.2) is 0 Å². The average molecular weight is 370 g/mol. The Bertz CT molecular complexity index is 913. The molecule has 3 heterocycles. The maximum Gasteiger partial charge on any atom is 0.217 e. The van der Waals surface area contributed by atoms with Gasteiger partial charge in [0.05, 0.1) is 16.1 Å². The first-order valence-corrected chi connectivity index (χ1v) is 9.10. The van der Waals surface area contributed by atoms with Crippen molar-refractivity contribution >= 4 is 34.4 Å². The summed E-state index contributed by atoms with van der Waals surface area (Å²) in [6.45, 7) is 3.25. The first-order valence-electron chi connectivity index (χ1n) is 8.73. The molecule has 0 aliphatic carbocycles. The quantitative estimate of drug-likeness (QED) is 0.742. The number of H-pyrrole nitrogens is 1. The molecule has 1 amide bonds. The molecule has 1 fully saturated rings. The van der Waals surface area contributed by atoms with Crippen LogP contribution in [0.1, 0.15) is 19.8 Å². The highest BCUT2D eigenvalue weighted by Crippen LogP contribution is 2.30. The molecule has 6 nitrogen and oxygen atoms in total. The van der Waals surface area contributed by atoms with Gasteiger partial charge < -0.3 is 15.2 Å². The number of halogens is 1. The smallest absolute Gasteiger partial charge is 0.217 e. The van der Waals surface area contributed by atoms with E-state index in [0.29, 0.717) is 5.02 Å². The zero-order chi connectivity index (χ0) is 18.1. The Morgan fingerprint density at radius 2 is 2.08 bits per heavy atom. The minimum Gasteiger partial charge on any atom is -0.356 e. The number of nitrogens with one attached hydrogen (secondary N) is 2. The van der Waals surface area contributed by atoms with Crippen LogP contribution in [-0.2, 0) is 4.79 Å². The van der Waals surface area contributed by atoms with Crippen LogP contribution >= 0.6 is 11.6 Å². The summed E-state index contributed by atoms with van der Waals surface area (Å²) in [5.41, 5.74) is 2.73. The third-order valence-electron chi connectivity index (χ3n) is 4.71. The number of pyridine rings is 1. The van der Waals surface area contributed by atoms with Crippen LogP contribution in [0, 0.1) is 0 Å². The number of para-hydroxylation sites is 2. The van der Waals surface area contributed by atoms with E-state index in [9.17, 15) is 4.79 Å². The summed E-state index contributed by atoms with van der Waals surface area (Å²) in [4.78, 5) is 25.9. The van der Waals surface area contributed by atoms with Crippen LogP contribution in [0.25, 0.3) is 22.4 Å². The predicted molar refractivity (Wildman–Crippen MR) is 103 cm³/mol. The molecule has 0 spiro atoms. The SMILES string of the molecule is CC(=O)NC1CCN(c2cc(-c3nc4ccccc4[nH]3)c(Cl)cn2)CC1. The summed E-state index contributed by atoms with van der Waals surface area (Å²) < 4.78 is 0. The molecule has 0 bridgehead atoms. The van der Waals surface area contributed by atoms with E-state index < -0.39 is 0 Å². The van der Waals surface area contributed by atoms with Crippen molar-refractivity contribution in [2.24, 2.45) is 0 Å². The lowest BCUT2D eigenvalue weighted by Gasteiger charge is -2.33. The van der Waals surface area contributed by atoms with E-state index in [-0.39, 0.29) is 11.9 Å². The Hall–Kier alpha value is -2.60. The van der Waals surface area contributed by atoms with Crippen molar-refractivity contribution in [2.75, 3.05) is 18.0 Å². The molecule has 4 rings (SSSR count). The zero-order valence-corrected chi connectivity index (χ0v) is 15.3. The zero-order valence-electron chi connectivity index (χ0n) is 14.5. The third kappa shape index (κ3) is 3.37. The molecule has 26 heavy (non-hydrogen) atoms. The average Bonchev–Trinajstić information content (AvgIpc) is 3.06. The molecule has 1 aliphatic rings. The van der Waals surface area contributed by atoms with E-state index in [2.05, 4.69) is 25.2 Å². The molecule has 2 aromatic heterocycles. The Balaban J connectivity index is 1.58. The van der Waals surface area contributed by atoms with Crippen LogP contribution in [0.3, 0.4) is 0 Å². The lowest BCUT2D eigenvalue weighted by molar-refractivity contribution is -0.119. The first-order chi connectivity index (χ1) is 12.6. The van der Waals surface area contributed by atoms with E-state index in [1.54, 1.807) is 13.1 Å². The minimum absolute atomic E-state index is 0.0280. The van der Waals surface area contributed by atoms with Gasteiger partial charge in [0, 0.05) is 37.8 Å². The van der Waals surface area contributed by atoms with Gasteiger partial charge in [0.25, 0.3) is 0 Å². The van der Waals surface area contributed by atoms with Crippen LogP contribution in [0.2, 0.25) is 5.02 Å². The first kappa shape index (κ1) is 16.8.